The van der Waals surface area contributed by atoms with E-state index in [1.54, 1.807) is 0 Å². The van der Waals surface area contributed by atoms with Crippen molar-refractivity contribution in [2.45, 2.75) is 0 Å². The fourth-order valence-electron chi connectivity index (χ4n) is 2.48. The molecule has 4 heterocycles. The van der Waals surface area contributed by atoms with Crippen LogP contribution in [0.3, 0.4) is 0 Å². The van der Waals surface area contributed by atoms with Crippen LogP contribution in [0.4, 0.5) is 0 Å². The summed E-state index contributed by atoms with van der Waals surface area (Å²) in [5, 5.41) is 0. The summed E-state index contributed by atoms with van der Waals surface area (Å²) in [6, 6.07) is 0. The van der Waals surface area contributed by atoms with E-state index in [4.69, 9.17) is 0 Å². The summed E-state index contributed by atoms with van der Waals surface area (Å²) in [5.41, 5.74) is 0. The predicted molar refractivity (Wildman–Crippen MR) is 45.8 cm³/mol. The summed E-state index contributed by atoms with van der Waals surface area (Å²) in [7, 11) is 0.333. The van der Waals surface area contributed by atoms with E-state index < -0.39 is 0 Å². The molecular weight excluding hydrogens is 224 g/mol. The Morgan fingerprint density at radius 3 is 2.27 bits per heavy atom. The van der Waals surface area contributed by atoms with Gasteiger partial charge >= 0.3 is 76.3 Å². The van der Waals surface area contributed by atoms with E-state index in [0.717, 1.165) is 0 Å². The monoisotopic (exact) mass is 237 g/mol. The van der Waals surface area contributed by atoms with Crippen LogP contribution in [0, 0.1) is 0 Å². The zero-order valence-electron chi connectivity index (χ0n) is 6.44. The number of hydrogen-bond acceptors (Lipinski definition) is 2. The van der Waals surface area contributed by atoms with Crippen LogP contribution in [-0.2, 0) is 0 Å². The minimum absolute atomic E-state index is 0.333. The summed E-state index contributed by atoms with van der Waals surface area (Å²) >= 11 is 3.35. The average molecular weight is 236 g/mol. The second-order valence-corrected chi connectivity index (χ2v) is 7.73. The SMILES string of the molecule is [Se-][N+]12CN3CN(CP(C3)C1)C2. The summed E-state index contributed by atoms with van der Waals surface area (Å²) in [6.07, 6.45) is 4.25. The molecule has 0 amide bonds. The number of quaternary nitrogens is 1. The zero-order chi connectivity index (χ0) is 7.47. The zero-order valence-corrected chi connectivity index (χ0v) is 9.05. The van der Waals surface area contributed by atoms with Crippen molar-refractivity contribution in [2.24, 2.45) is 0 Å². The molecule has 0 aliphatic carbocycles. The van der Waals surface area contributed by atoms with Crippen molar-refractivity contribution in [3.05, 3.63) is 0 Å². The van der Waals surface area contributed by atoms with Gasteiger partial charge < -0.3 is 0 Å². The van der Waals surface area contributed by atoms with Gasteiger partial charge in [-0.25, -0.2) is 0 Å². The Labute approximate surface area is 76.7 Å². The molecule has 0 N–H and O–H groups in total. The Hall–Kier alpha value is 0.829. The molecule has 4 aliphatic rings. The average Bonchev–Trinajstić information content (AvgIpc) is 1.79. The molecule has 4 fully saturated rings. The number of hydrogen-bond donors (Lipinski definition) is 0. The molecule has 11 heavy (non-hydrogen) atoms. The van der Waals surface area contributed by atoms with Crippen LogP contribution in [0.2, 0.25) is 0 Å². The van der Waals surface area contributed by atoms with Gasteiger partial charge in [0.2, 0.25) is 0 Å². The van der Waals surface area contributed by atoms with Gasteiger partial charge in [-0.15, -0.1) is 0 Å². The molecule has 5 heteroatoms. The molecular formula is C6H12N3PSe. The van der Waals surface area contributed by atoms with E-state index in [0.29, 0.717) is 7.92 Å². The molecule has 0 saturated carbocycles. The van der Waals surface area contributed by atoms with Gasteiger partial charge in [0.05, 0.1) is 0 Å². The van der Waals surface area contributed by atoms with E-state index >= 15 is 0 Å². The third-order valence-electron chi connectivity index (χ3n) is 2.57. The first-order valence-corrected chi connectivity index (χ1v) is 6.64. The topological polar surface area (TPSA) is 6.48 Å². The normalized spacial score (nSPS) is 60.3. The summed E-state index contributed by atoms with van der Waals surface area (Å²) in [5.74, 6) is 0. The first kappa shape index (κ1) is 7.25. The molecule has 4 bridgehead atoms. The molecule has 62 valence electrons. The third-order valence-corrected chi connectivity index (χ3v) is 6.30. The molecule has 3 nitrogen and oxygen atoms in total. The van der Waals surface area contributed by atoms with E-state index in [9.17, 15) is 0 Å². The minimum atomic E-state index is 0.333. The van der Waals surface area contributed by atoms with Gasteiger partial charge in [-0.2, -0.15) is 0 Å². The summed E-state index contributed by atoms with van der Waals surface area (Å²) < 4.78 is 1.19. The van der Waals surface area contributed by atoms with Crippen molar-refractivity contribution >= 4 is 24.2 Å². The molecule has 2 unspecified atom stereocenters. The van der Waals surface area contributed by atoms with Gasteiger partial charge in [0.15, 0.2) is 0 Å². The molecule has 0 aromatic rings. The number of rotatable bonds is 0. The Morgan fingerprint density at radius 2 is 1.82 bits per heavy atom. The Kier molecular flexibility index (Phi) is 1.45. The van der Waals surface area contributed by atoms with E-state index in [2.05, 4.69) is 26.0 Å². The molecule has 0 spiro atoms. The molecule has 4 saturated heterocycles. The Morgan fingerprint density at radius 1 is 1.18 bits per heavy atom. The Balaban J connectivity index is 1.94. The van der Waals surface area contributed by atoms with Crippen LogP contribution in [-0.4, -0.2) is 68.4 Å². The van der Waals surface area contributed by atoms with Crippen LogP contribution >= 0.6 is 7.92 Å². The second-order valence-electron chi connectivity index (χ2n) is 3.92. The van der Waals surface area contributed by atoms with Crippen molar-refractivity contribution in [1.29, 1.82) is 0 Å². The van der Waals surface area contributed by atoms with E-state index in [1.807, 2.05) is 0 Å². The maximum atomic E-state index is 3.35. The van der Waals surface area contributed by atoms with Crippen LogP contribution < -0.4 is 0 Å². The first-order valence-electron chi connectivity index (χ1n) is 3.98. The quantitative estimate of drug-likeness (QED) is 0.423. The van der Waals surface area contributed by atoms with Crippen LogP contribution in [0.15, 0.2) is 0 Å². The van der Waals surface area contributed by atoms with Crippen molar-refractivity contribution in [3.63, 3.8) is 0 Å². The van der Waals surface area contributed by atoms with E-state index in [1.165, 1.54) is 42.4 Å². The van der Waals surface area contributed by atoms with Crippen LogP contribution in [0.1, 0.15) is 0 Å². The van der Waals surface area contributed by atoms with Crippen molar-refractivity contribution in [1.82, 2.24) is 9.80 Å². The van der Waals surface area contributed by atoms with Crippen molar-refractivity contribution in [2.75, 3.05) is 38.9 Å². The van der Waals surface area contributed by atoms with Gasteiger partial charge in [-0.1, -0.05) is 0 Å². The van der Waals surface area contributed by atoms with Crippen molar-refractivity contribution < 1.29 is 3.50 Å². The molecule has 4 rings (SSSR count). The molecule has 0 radical (unpaired) electrons. The fraction of sp³-hybridized carbons (Fsp3) is 1.00. The number of nitrogens with zero attached hydrogens (tertiary/aromatic N) is 3. The van der Waals surface area contributed by atoms with Gasteiger partial charge in [0.1, 0.15) is 0 Å². The Bertz CT molecular complexity index is 163. The standard InChI is InChI=1S/C6H12N3PSe/c11-9-2-7-1-8(3-9)5-10(4-7)6-9/h1-6H2. The molecule has 2 atom stereocenters. The maximum absolute atomic E-state index is 3.35. The summed E-state index contributed by atoms with van der Waals surface area (Å²) in [4.78, 5) is 5.19. The predicted octanol–water partition coefficient (Wildman–Crippen LogP) is -0.242. The van der Waals surface area contributed by atoms with Gasteiger partial charge in [-0.3, -0.25) is 0 Å². The molecule has 0 aromatic heterocycles. The van der Waals surface area contributed by atoms with Crippen LogP contribution in [0.5, 0.6) is 0 Å². The third kappa shape index (κ3) is 1.09. The van der Waals surface area contributed by atoms with Gasteiger partial charge in [0, 0.05) is 0 Å². The van der Waals surface area contributed by atoms with Crippen molar-refractivity contribution in [3.8, 4) is 0 Å². The molecule has 4 aliphatic heterocycles. The van der Waals surface area contributed by atoms with E-state index in [-0.39, 0.29) is 0 Å². The molecule has 0 aromatic carbocycles. The van der Waals surface area contributed by atoms with Crippen LogP contribution in [0.25, 0.3) is 0 Å². The summed E-state index contributed by atoms with van der Waals surface area (Å²) in [6.45, 7) is 3.76. The fourth-order valence-corrected chi connectivity index (χ4v) is 6.86. The first-order chi connectivity index (χ1) is 5.23. The van der Waals surface area contributed by atoms with Gasteiger partial charge in [-0.05, 0) is 0 Å². The second kappa shape index (κ2) is 2.20. The van der Waals surface area contributed by atoms with Gasteiger partial charge in [0.25, 0.3) is 0 Å².